The summed E-state index contributed by atoms with van der Waals surface area (Å²) in [4.78, 5) is 28.3. The van der Waals surface area contributed by atoms with Crippen LogP contribution in [0.15, 0.2) is 87.8 Å². The van der Waals surface area contributed by atoms with Crippen LogP contribution in [0.4, 0.5) is 13.2 Å². The molecule has 0 bridgehead atoms. The maximum Gasteiger partial charge on any atom is 0.573 e. The van der Waals surface area contributed by atoms with Gasteiger partial charge in [0.2, 0.25) is 4.80 Å². The second kappa shape index (κ2) is 16.4. The highest BCUT2D eigenvalue weighted by molar-refractivity contribution is 8.13. The maximum absolute atomic E-state index is 13.6. The van der Waals surface area contributed by atoms with Crippen LogP contribution in [0.1, 0.15) is 51.2 Å². The Morgan fingerprint density at radius 1 is 1.02 bits per heavy atom. The first-order valence-corrected chi connectivity index (χ1v) is 17.9. The first kappa shape index (κ1) is 36.6. The molecule has 0 saturated carbocycles. The highest BCUT2D eigenvalue weighted by Gasteiger charge is 2.31. The standard InChI is InChI=1S/C35H38F3N7O3S2/c1-6-20-49-32(41-33-45(34(46)44(7-2)50-33)30-17-16-28(47-5)21-29(30)23(3)4)39-19-18-24-8-10-25(11-9-24)31-40-22-43(42-31)26-12-14-27(15-13-26)48-35(36,37)38/h8-17,21-23H,6-7,18-20H2,1-5H3/b39-32?,41-33-. The summed E-state index contributed by atoms with van der Waals surface area (Å²) in [7, 11) is 1.63. The quantitative estimate of drug-likeness (QED) is 0.0969. The van der Waals surface area contributed by atoms with E-state index >= 15 is 0 Å². The van der Waals surface area contributed by atoms with Gasteiger partial charge in [0, 0.05) is 24.4 Å². The first-order chi connectivity index (χ1) is 24.0. The second-order valence-corrected chi connectivity index (χ2v) is 13.4. The number of halogens is 3. The molecule has 0 atom stereocenters. The lowest BCUT2D eigenvalue weighted by molar-refractivity contribution is -0.274. The summed E-state index contributed by atoms with van der Waals surface area (Å²) in [5.41, 5.74) is 4.03. The molecule has 2 heterocycles. The number of hydrogen-bond acceptors (Lipinski definition) is 8. The Morgan fingerprint density at radius 2 is 1.74 bits per heavy atom. The molecule has 0 aliphatic carbocycles. The molecule has 0 radical (unpaired) electrons. The van der Waals surface area contributed by atoms with Gasteiger partial charge < -0.3 is 9.47 Å². The molecule has 5 aromatic rings. The molecular formula is C35H38F3N7O3S2. The molecular weight excluding hydrogens is 688 g/mol. The van der Waals surface area contributed by atoms with E-state index in [-0.39, 0.29) is 17.4 Å². The topological polar surface area (TPSA) is 101 Å². The Hall–Kier alpha value is -4.63. The van der Waals surface area contributed by atoms with Crippen molar-refractivity contribution < 1.29 is 22.6 Å². The predicted octanol–water partition coefficient (Wildman–Crippen LogP) is 7.64. The lowest BCUT2D eigenvalue weighted by atomic mass is 10.0. The Kier molecular flexibility index (Phi) is 12.0. The molecule has 0 amide bonds. The largest absolute Gasteiger partial charge is 0.573 e. The Morgan fingerprint density at radius 3 is 2.38 bits per heavy atom. The van der Waals surface area contributed by atoms with E-state index in [2.05, 4.69) is 35.6 Å². The molecule has 0 N–H and O–H groups in total. The summed E-state index contributed by atoms with van der Waals surface area (Å²) in [5, 5.41) is 5.10. The minimum absolute atomic E-state index is 0.143. The molecule has 0 aliphatic rings. The number of benzene rings is 3. The van der Waals surface area contributed by atoms with E-state index in [0.29, 0.717) is 41.0 Å². The number of hydrogen-bond donors (Lipinski definition) is 0. The number of ether oxygens (including phenoxy) is 2. The van der Waals surface area contributed by atoms with Crippen LogP contribution in [0, 0.1) is 0 Å². The molecule has 264 valence electrons. The Labute approximate surface area is 296 Å². The lowest BCUT2D eigenvalue weighted by Gasteiger charge is -2.14. The molecule has 10 nitrogen and oxygen atoms in total. The normalized spacial score (nSPS) is 12.6. The van der Waals surface area contributed by atoms with Gasteiger partial charge in [0.15, 0.2) is 11.0 Å². The number of alkyl halides is 3. The lowest BCUT2D eigenvalue weighted by Crippen LogP contribution is -2.29. The van der Waals surface area contributed by atoms with Gasteiger partial charge in [0.25, 0.3) is 0 Å². The number of rotatable bonds is 12. The number of thioether (sulfide) groups is 1. The van der Waals surface area contributed by atoms with Crippen LogP contribution in [-0.2, 0) is 13.0 Å². The smallest absolute Gasteiger partial charge is 0.497 e. The minimum atomic E-state index is -4.75. The minimum Gasteiger partial charge on any atom is -0.497 e. The summed E-state index contributed by atoms with van der Waals surface area (Å²) in [6.07, 6.45) is -1.63. The van der Waals surface area contributed by atoms with Crippen LogP contribution in [0.25, 0.3) is 22.8 Å². The van der Waals surface area contributed by atoms with Gasteiger partial charge in [-0.1, -0.05) is 56.8 Å². The molecule has 0 fully saturated rings. The molecule has 15 heteroatoms. The van der Waals surface area contributed by atoms with Gasteiger partial charge >= 0.3 is 12.1 Å². The van der Waals surface area contributed by atoms with Gasteiger partial charge in [0.05, 0.1) is 18.5 Å². The third-order valence-corrected chi connectivity index (χ3v) is 9.65. The number of methoxy groups -OCH3 is 1. The molecule has 2 aromatic heterocycles. The van der Waals surface area contributed by atoms with Crippen molar-refractivity contribution in [1.82, 2.24) is 23.3 Å². The number of aliphatic imine (C=N–C) groups is 1. The average Bonchev–Trinajstić information content (AvgIpc) is 3.71. The molecule has 0 spiro atoms. The van der Waals surface area contributed by atoms with Crippen molar-refractivity contribution in [3.63, 3.8) is 0 Å². The van der Waals surface area contributed by atoms with Gasteiger partial charge in [-0.15, -0.1) is 18.3 Å². The van der Waals surface area contributed by atoms with E-state index in [9.17, 15) is 18.0 Å². The molecule has 3 aromatic carbocycles. The number of aromatic nitrogens is 5. The fourth-order valence-corrected chi connectivity index (χ4v) is 6.63. The van der Waals surface area contributed by atoms with Crippen molar-refractivity contribution in [2.45, 2.75) is 59.4 Å². The molecule has 5 rings (SSSR count). The van der Waals surface area contributed by atoms with Crippen molar-refractivity contribution in [3.05, 3.63) is 99.5 Å². The fraction of sp³-hybridized carbons (Fsp3) is 0.343. The summed E-state index contributed by atoms with van der Waals surface area (Å²) in [6.45, 7) is 9.24. The Balaban J connectivity index is 1.34. The van der Waals surface area contributed by atoms with Crippen LogP contribution >= 0.6 is 23.3 Å². The van der Waals surface area contributed by atoms with Crippen molar-refractivity contribution in [3.8, 4) is 34.3 Å². The Bertz CT molecular complexity index is 2050. The number of amidine groups is 1. The second-order valence-electron chi connectivity index (χ2n) is 11.4. The van der Waals surface area contributed by atoms with E-state index in [0.717, 1.165) is 40.3 Å². The van der Waals surface area contributed by atoms with Gasteiger partial charge in [0.1, 0.15) is 17.8 Å². The average molecular weight is 726 g/mol. The van der Waals surface area contributed by atoms with Crippen molar-refractivity contribution in [1.29, 1.82) is 0 Å². The van der Waals surface area contributed by atoms with Crippen LogP contribution < -0.4 is 20.0 Å². The monoisotopic (exact) mass is 725 g/mol. The summed E-state index contributed by atoms with van der Waals surface area (Å²) in [5.74, 6) is 1.89. The van der Waals surface area contributed by atoms with Crippen molar-refractivity contribution in [2.75, 3.05) is 19.4 Å². The SMILES string of the molecule is CCCSC(=NCCc1ccc(-c2ncn(-c3ccc(OC(F)(F)F)cc3)n2)cc1)/N=c1\sn(CC)c(=O)n1-c1ccc(OC)cc1C(C)C. The van der Waals surface area contributed by atoms with E-state index in [4.69, 9.17) is 14.7 Å². The molecule has 0 saturated heterocycles. The first-order valence-electron chi connectivity index (χ1n) is 16.1. The molecule has 0 unspecified atom stereocenters. The number of aryl methyl sites for hydroxylation is 1. The van der Waals surface area contributed by atoms with Gasteiger partial charge in [-0.3, -0.25) is 4.99 Å². The predicted molar refractivity (Wildman–Crippen MR) is 192 cm³/mol. The highest BCUT2D eigenvalue weighted by atomic mass is 32.2. The summed E-state index contributed by atoms with van der Waals surface area (Å²) >= 11 is 2.89. The van der Waals surface area contributed by atoms with E-state index < -0.39 is 6.36 Å². The third kappa shape index (κ3) is 9.13. The molecule has 50 heavy (non-hydrogen) atoms. The fourth-order valence-electron chi connectivity index (χ4n) is 4.98. The van der Waals surface area contributed by atoms with E-state index in [1.54, 1.807) is 27.4 Å². The number of nitrogens with zero attached hydrogens (tertiary/aromatic N) is 7. The van der Waals surface area contributed by atoms with Crippen LogP contribution in [0.2, 0.25) is 0 Å². The van der Waals surface area contributed by atoms with Gasteiger partial charge in [-0.05, 0) is 90.8 Å². The van der Waals surface area contributed by atoms with Crippen molar-refractivity contribution >= 4 is 28.5 Å². The highest BCUT2D eigenvalue weighted by Crippen LogP contribution is 2.27. The third-order valence-electron chi connectivity index (χ3n) is 7.49. The zero-order chi connectivity index (χ0) is 35.8. The van der Waals surface area contributed by atoms with E-state index in [1.807, 2.05) is 49.4 Å². The molecule has 0 aliphatic heterocycles. The zero-order valence-corrected chi connectivity index (χ0v) is 30.0. The van der Waals surface area contributed by atoms with Crippen LogP contribution in [-0.4, -0.2) is 54.2 Å². The maximum atomic E-state index is 13.6. The summed E-state index contributed by atoms with van der Waals surface area (Å²) < 4.78 is 51.7. The van der Waals surface area contributed by atoms with Gasteiger partial charge in [-0.2, -0.15) is 4.99 Å². The zero-order valence-electron chi connectivity index (χ0n) is 28.3. The van der Waals surface area contributed by atoms with Crippen LogP contribution in [0.5, 0.6) is 11.5 Å². The van der Waals surface area contributed by atoms with Gasteiger partial charge in [-0.25, -0.2) is 23.0 Å². The van der Waals surface area contributed by atoms with E-state index in [1.165, 1.54) is 46.8 Å². The summed E-state index contributed by atoms with van der Waals surface area (Å²) in [6, 6.07) is 19.0. The van der Waals surface area contributed by atoms with Crippen LogP contribution in [0.3, 0.4) is 0 Å². The van der Waals surface area contributed by atoms with Crippen molar-refractivity contribution in [2.24, 2.45) is 9.98 Å².